The van der Waals surface area contributed by atoms with Gasteiger partial charge in [0.15, 0.2) is 0 Å². The molecule has 0 N–H and O–H groups in total. The summed E-state index contributed by atoms with van der Waals surface area (Å²) in [5.41, 5.74) is 2.35. The van der Waals surface area contributed by atoms with E-state index >= 15 is 0 Å². The van der Waals surface area contributed by atoms with E-state index in [0.29, 0.717) is 0 Å². The highest BCUT2D eigenvalue weighted by atomic mass is 16.6. The second kappa shape index (κ2) is 12.8. The molecule has 5 heteroatoms. The second-order valence-corrected chi connectivity index (χ2v) is 7.52. The van der Waals surface area contributed by atoms with Crippen LogP contribution in [-0.2, 0) is 6.54 Å². The summed E-state index contributed by atoms with van der Waals surface area (Å²) in [6.45, 7) is 3.96. The standard InChI is InChI=1S/C24H34N2O3/c1-3-4-5-6-7-8-9-10-19-25(22-15-17-24(29-2)18-16-22)20-21-11-13-23(14-12-21)26(27)28/h11-18H,3-10,19-20H2,1-2H3. The summed E-state index contributed by atoms with van der Waals surface area (Å²) < 4.78 is 5.27. The first-order valence-electron chi connectivity index (χ1n) is 10.8. The summed E-state index contributed by atoms with van der Waals surface area (Å²) >= 11 is 0. The number of nitro benzene ring substituents is 1. The van der Waals surface area contributed by atoms with Crippen LogP contribution in [0, 0.1) is 10.1 Å². The smallest absolute Gasteiger partial charge is 0.269 e. The van der Waals surface area contributed by atoms with Gasteiger partial charge in [0.2, 0.25) is 0 Å². The summed E-state index contributed by atoms with van der Waals surface area (Å²) in [4.78, 5) is 12.9. The van der Waals surface area contributed by atoms with E-state index in [1.807, 2.05) is 24.3 Å². The van der Waals surface area contributed by atoms with Crippen molar-refractivity contribution >= 4 is 11.4 Å². The Hall–Kier alpha value is -2.56. The lowest BCUT2D eigenvalue weighted by Crippen LogP contribution is -2.23. The van der Waals surface area contributed by atoms with Crippen molar-refractivity contribution in [1.29, 1.82) is 0 Å². The Bertz CT molecular complexity index is 714. The minimum atomic E-state index is -0.356. The molecule has 0 atom stereocenters. The van der Waals surface area contributed by atoms with Crippen LogP contribution in [0.2, 0.25) is 0 Å². The SMILES string of the molecule is CCCCCCCCCCN(Cc1ccc([N+](=O)[O-])cc1)c1ccc(OC)cc1. The predicted molar refractivity (Wildman–Crippen MR) is 120 cm³/mol. The van der Waals surface area contributed by atoms with Gasteiger partial charge < -0.3 is 9.64 Å². The number of hydrogen-bond acceptors (Lipinski definition) is 4. The zero-order valence-electron chi connectivity index (χ0n) is 17.8. The average Bonchev–Trinajstić information content (AvgIpc) is 2.75. The zero-order valence-corrected chi connectivity index (χ0v) is 17.8. The Morgan fingerprint density at radius 1 is 0.862 bits per heavy atom. The number of anilines is 1. The molecule has 0 aliphatic rings. The van der Waals surface area contributed by atoms with E-state index in [1.165, 1.54) is 44.9 Å². The van der Waals surface area contributed by atoms with E-state index in [-0.39, 0.29) is 10.6 Å². The van der Waals surface area contributed by atoms with E-state index in [4.69, 9.17) is 4.74 Å². The van der Waals surface area contributed by atoms with E-state index in [2.05, 4.69) is 24.0 Å². The molecule has 2 aromatic rings. The van der Waals surface area contributed by atoms with Crippen molar-refractivity contribution in [2.24, 2.45) is 0 Å². The van der Waals surface area contributed by atoms with Gasteiger partial charge in [-0.2, -0.15) is 0 Å². The maximum Gasteiger partial charge on any atom is 0.269 e. The maximum absolute atomic E-state index is 10.9. The van der Waals surface area contributed by atoms with Gasteiger partial charge in [-0.1, -0.05) is 64.0 Å². The van der Waals surface area contributed by atoms with Crippen molar-refractivity contribution in [2.75, 3.05) is 18.6 Å². The minimum absolute atomic E-state index is 0.132. The van der Waals surface area contributed by atoms with Crippen molar-refractivity contribution in [3.63, 3.8) is 0 Å². The van der Waals surface area contributed by atoms with Gasteiger partial charge in [0.05, 0.1) is 12.0 Å². The van der Waals surface area contributed by atoms with Gasteiger partial charge in [-0.15, -0.1) is 0 Å². The second-order valence-electron chi connectivity index (χ2n) is 7.52. The lowest BCUT2D eigenvalue weighted by molar-refractivity contribution is -0.384. The van der Waals surface area contributed by atoms with E-state index in [1.54, 1.807) is 19.2 Å². The van der Waals surface area contributed by atoms with Crippen LogP contribution in [0.15, 0.2) is 48.5 Å². The number of unbranched alkanes of at least 4 members (excludes halogenated alkanes) is 7. The van der Waals surface area contributed by atoms with Gasteiger partial charge in [-0.25, -0.2) is 0 Å². The normalized spacial score (nSPS) is 10.7. The van der Waals surface area contributed by atoms with Gasteiger partial charge in [-0.3, -0.25) is 10.1 Å². The van der Waals surface area contributed by atoms with Crippen LogP contribution in [-0.4, -0.2) is 18.6 Å². The summed E-state index contributed by atoms with van der Waals surface area (Å²) in [6, 6.07) is 15.0. The highest BCUT2D eigenvalue weighted by Crippen LogP contribution is 2.23. The fourth-order valence-corrected chi connectivity index (χ4v) is 3.47. The molecule has 0 bridgehead atoms. The van der Waals surface area contributed by atoms with Crippen molar-refractivity contribution in [3.8, 4) is 5.75 Å². The molecule has 2 rings (SSSR count). The third-order valence-corrected chi connectivity index (χ3v) is 5.24. The monoisotopic (exact) mass is 398 g/mol. The van der Waals surface area contributed by atoms with Gasteiger partial charge in [0.25, 0.3) is 5.69 Å². The zero-order chi connectivity index (χ0) is 20.9. The first kappa shape index (κ1) is 22.7. The number of benzene rings is 2. The van der Waals surface area contributed by atoms with Crippen LogP contribution >= 0.6 is 0 Å². The third-order valence-electron chi connectivity index (χ3n) is 5.24. The van der Waals surface area contributed by atoms with E-state index in [9.17, 15) is 10.1 Å². The van der Waals surface area contributed by atoms with Crippen LogP contribution in [0.5, 0.6) is 5.75 Å². The van der Waals surface area contributed by atoms with Crippen molar-refractivity contribution in [1.82, 2.24) is 0 Å². The molecule has 0 amide bonds. The molecule has 29 heavy (non-hydrogen) atoms. The number of non-ortho nitro benzene ring substituents is 1. The number of rotatable bonds is 14. The molecule has 2 aromatic carbocycles. The molecule has 0 unspecified atom stereocenters. The van der Waals surface area contributed by atoms with Gasteiger partial charge >= 0.3 is 0 Å². The average molecular weight is 399 g/mol. The quantitative estimate of drug-likeness (QED) is 0.201. The Balaban J connectivity index is 1.93. The first-order valence-corrected chi connectivity index (χ1v) is 10.8. The molecule has 0 aromatic heterocycles. The number of methoxy groups -OCH3 is 1. The molecule has 5 nitrogen and oxygen atoms in total. The largest absolute Gasteiger partial charge is 0.497 e. The van der Waals surface area contributed by atoms with E-state index < -0.39 is 0 Å². The highest BCUT2D eigenvalue weighted by Gasteiger charge is 2.10. The fourth-order valence-electron chi connectivity index (χ4n) is 3.47. The number of nitrogens with zero attached hydrogens (tertiary/aromatic N) is 2. The molecule has 0 saturated carbocycles. The first-order chi connectivity index (χ1) is 14.1. The van der Waals surface area contributed by atoms with Crippen molar-refractivity contribution < 1.29 is 9.66 Å². The van der Waals surface area contributed by atoms with Crippen LogP contribution in [0.1, 0.15) is 63.9 Å². The fraction of sp³-hybridized carbons (Fsp3) is 0.500. The Labute approximate surface area is 174 Å². The molecule has 0 radical (unpaired) electrons. The number of nitro groups is 1. The third kappa shape index (κ3) is 8.14. The molecular formula is C24H34N2O3. The lowest BCUT2D eigenvalue weighted by atomic mass is 10.1. The van der Waals surface area contributed by atoms with Gasteiger partial charge in [0, 0.05) is 30.9 Å². The lowest BCUT2D eigenvalue weighted by Gasteiger charge is -2.25. The molecule has 158 valence electrons. The Morgan fingerprint density at radius 3 is 2.00 bits per heavy atom. The molecule has 0 saturated heterocycles. The Morgan fingerprint density at radius 2 is 1.45 bits per heavy atom. The van der Waals surface area contributed by atoms with Crippen LogP contribution in [0.25, 0.3) is 0 Å². The number of hydrogen-bond donors (Lipinski definition) is 0. The summed E-state index contributed by atoms with van der Waals surface area (Å²) in [5, 5.41) is 10.9. The predicted octanol–water partition coefficient (Wildman–Crippen LogP) is 6.75. The van der Waals surface area contributed by atoms with E-state index in [0.717, 1.165) is 36.5 Å². The van der Waals surface area contributed by atoms with Crippen molar-refractivity contribution in [3.05, 3.63) is 64.2 Å². The van der Waals surface area contributed by atoms with Crippen LogP contribution < -0.4 is 9.64 Å². The summed E-state index contributed by atoms with van der Waals surface area (Å²) in [6.07, 6.45) is 10.3. The molecule has 0 aliphatic heterocycles. The number of ether oxygens (including phenoxy) is 1. The molecule has 0 spiro atoms. The highest BCUT2D eigenvalue weighted by molar-refractivity contribution is 5.50. The van der Waals surface area contributed by atoms with Crippen LogP contribution in [0.4, 0.5) is 11.4 Å². The molecule has 0 fully saturated rings. The molecule has 0 aliphatic carbocycles. The summed E-state index contributed by atoms with van der Waals surface area (Å²) in [7, 11) is 1.67. The van der Waals surface area contributed by atoms with Crippen LogP contribution in [0.3, 0.4) is 0 Å². The summed E-state index contributed by atoms with van der Waals surface area (Å²) in [5.74, 6) is 0.844. The van der Waals surface area contributed by atoms with Gasteiger partial charge in [-0.05, 0) is 36.2 Å². The van der Waals surface area contributed by atoms with Gasteiger partial charge in [0.1, 0.15) is 5.75 Å². The topological polar surface area (TPSA) is 55.6 Å². The Kier molecular flexibility index (Phi) is 10.0. The maximum atomic E-state index is 10.9. The molecular weight excluding hydrogens is 364 g/mol. The van der Waals surface area contributed by atoms with Crippen molar-refractivity contribution in [2.45, 2.75) is 64.8 Å². The molecule has 0 heterocycles. The minimum Gasteiger partial charge on any atom is -0.497 e.